The van der Waals surface area contributed by atoms with Gasteiger partial charge in [-0.25, -0.2) is 9.59 Å². The molecule has 1 aliphatic heterocycles. The first-order chi connectivity index (χ1) is 14.8. The molecule has 0 amide bonds. The Bertz CT molecular complexity index is 1090. The van der Waals surface area contributed by atoms with Gasteiger partial charge in [0.05, 0.1) is 5.57 Å². The van der Waals surface area contributed by atoms with Crippen molar-refractivity contribution in [2.75, 3.05) is 0 Å². The Morgan fingerprint density at radius 1 is 1.06 bits per heavy atom. The van der Waals surface area contributed by atoms with Gasteiger partial charge in [-0.15, -0.1) is 0 Å². The molecule has 0 fully saturated rings. The SMILES string of the molecule is NCc1ccc(-c2cc(Cl)cc3c2OC(C(F)(F)F)C(C(=O)OC(=O)C(F)(F)F)=C3)cc1. The highest BCUT2D eigenvalue weighted by atomic mass is 35.5. The predicted octanol–water partition coefficient (Wildman–Crippen LogP) is 4.80. The van der Waals surface area contributed by atoms with Crippen molar-refractivity contribution in [3.8, 4) is 16.9 Å². The molecule has 0 aliphatic carbocycles. The summed E-state index contributed by atoms with van der Waals surface area (Å²) in [5.74, 6) is -5.41. The van der Waals surface area contributed by atoms with Gasteiger partial charge in [-0.2, -0.15) is 26.3 Å². The van der Waals surface area contributed by atoms with E-state index in [1.165, 1.54) is 6.07 Å². The standard InChI is InChI=1S/C20H12ClF6NO4/c21-12-5-11-6-14(17(29)32-18(30)20(25,26)27)16(19(22,23)24)31-15(11)13(7-12)10-3-1-9(8-28)2-4-10/h1-7,16H,8,28H2. The summed E-state index contributed by atoms with van der Waals surface area (Å²) in [4.78, 5) is 22.9. The normalized spacial score (nSPS) is 16.0. The number of nitrogens with two attached hydrogens (primary N) is 1. The van der Waals surface area contributed by atoms with E-state index in [4.69, 9.17) is 22.1 Å². The molecule has 170 valence electrons. The fourth-order valence-electron chi connectivity index (χ4n) is 2.92. The summed E-state index contributed by atoms with van der Waals surface area (Å²) < 4.78 is 86.5. The number of rotatable bonds is 3. The van der Waals surface area contributed by atoms with Gasteiger partial charge in [-0.05, 0) is 29.3 Å². The lowest BCUT2D eigenvalue weighted by atomic mass is 9.95. The molecular formula is C20H12ClF6NO4. The van der Waals surface area contributed by atoms with E-state index in [0.717, 1.165) is 11.6 Å². The van der Waals surface area contributed by atoms with E-state index in [2.05, 4.69) is 4.74 Å². The van der Waals surface area contributed by atoms with Crippen LogP contribution >= 0.6 is 11.6 Å². The average molecular weight is 480 g/mol. The van der Waals surface area contributed by atoms with Crippen LogP contribution in [0.4, 0.5) is 26.3 Å². The lowest BCUT2D eigenvalue weighted by molar-refractivity contribution is -0.204. The summed E-state index contributed by atoms with van der Waals surface area (Å²) in [6.07, 6.45) is -13.1. The van der Waals surface area contributed by atoms with E-state index in [-0.39, 0.29) is 28.4 Å². The largest absolute Gasteiger partial charge is 0.491 e. The summed E-state index contributed by atoms with van der Waals surface area (Å²) in [6, 6.07) is 8.88. The highest BCUT2D eigenvalue weighted by Gasteiger charge is 2.51. The van der Waals surface area contributed by atoms with Crippen molar-refractivity contribution in [2.24, 2.45) is 5.73 Å². The summed E-state index contributed by atoms with van der Waals surface area (Å²) in [6.45, 7) is 0.228. The van der Waals surface area contributed by atoms with Gasteiger partial charge >= 0.3 is 24.3 Å². The lowest BCUT2D eigenvalue weighted by Crippen LogP contribution is -2.42. The van der Waals surface area contributed by atoms with Crippen LogP contribution in [0.3, 0.4) is 0 Å². The zero-order chi connectivity index (χ0) is 23.8. The number of alkyl halides is 6. The van der Waals surface area contributed by atoms with Gasteiger partial charge in [-0.3, -0.25) is 0 Å². The molecule has 2 N–H and O–H groups in total. The van der Waals surface area contributed by atoms with Crippen molar-refractivity contribution in [2.45, 2.75) is 25.0 Å². The minimum Gasteiger partial charge on any atom is -0.475 e. The zero-order valence-corrected chi connectivity index (χ0v) is 16.4. The minimum atomic E-state index is -5.58. The number of carbonyl (C=O) groups is 2. The fourth-order valence-corrected chi connectivity index (χ4v) is 3.15. The van der Waals surface area contributed by atoms with Crippen molar-refractivity contribution >= 4 is 29.6 Å². The van der Waals surface area contributed by atoms with Gasteiger partial charge in [0.15, 0.2) is 0 Å². The van der Waals surface area contributed by atoms with Crippen LogP contribution in [0.15, 0.2) is 42.0 Å². The molecule has 1 atom stereocenters. The van der Waals surface area contributed by atoms with Crippen LogP contribution in [0, 0.1) is 0 Å². The fraction of sp³-hybridized carbons (Fsp3) is 0.200. The molecule has 2 aromatic carbocycles. The molecule has 3 rings (SSSR count). The van der Waals surface area contributed by atoms with E-state index in [0.29, 0.717) is 11.6 Å². The Hall–Kier alpha value is -3.05. The van der Waals surface area contributed by atoms with Gasteiger partial charge in [0.2, 0.25) is 6.10 Å². The predicted molar refractivity (Wildman–Crippen MR) is 100 cm³/mol. The quantitative estimate of drug-likeness (QED) is 0.388. The average Bonchev–Trinajstić information content (AvgIpc) is 2.70. The van der Waals surface area contributed by atoms with Gasteiger partial charge in [-0.1, -0.05) is 35.9 Å². The third-order valence-electron chi connectivity index (χ3n) is 4.36. The maximum atomic E-state index is 13.6. The number of hydrogen-bond acceptors (Lipinski definition) is 5. The van der Waals surface area contributed by atoms with Gasteiger partial charge in [0, 0.05) is 22.7 Å². The topological polar surface area (TPSA) is 78.6 Å². The number of benzene rings is 2. The second-order valence-electron chi connectivity index (χ2n) is 6.59. The third-order valence-corrected chi connectivity index (χ3v) is 4.58. The van der Waals surface area contributed by atoms with Crippen molar-refractivity contribution < 1.29 is 45.4 Å². The van der Waals surface area contributed by atoms with Crippen LogP contribution in [-0.2, 0) is 20.9 Å². The lowest BCUT2D eigenvalue weighted by Gasteiger charge is -2.29. The van der Waals surface area contributed by atoms with E-state index in [1.54, 1.807) is 24.3 Å². The first kappa shape index (κ1) is 23.6. The molecule has 0 spiro atoms. The highest BCUT2D eigenvalue weighted by molar-refractivity contribution is 6.31. The first-order valence-corrected chi connectivity index (χ1v) is 9.10. The minimum absolute atomic E-state index is 0.0473. The van der Waals surface area contributed by atoms with E-state index >= 15 is 0 Å². The molecule has 5 nitrogen and oxygen atoms in total. The molecule has 1 aliphatic rings. The Balaban J connectivity index is 2.11. The maximum Gasteiger partial charge on any atom is 0.491 e. The van der Waals surface area contributed by atoms with Gasteiger partial charge < -0.3 is 15.2 Å². The molecule has 2 aromatic rings. The van der Waals surface area contributed by atoms with Crippen LogP contribution in [0.1, 0.15) is 11.1 Å². The van der Waals surface area contributed by atoms with Crippen LogP contribution < -0.4 is 10.5 Å². The summed E-state index contributed by atoms with van der Waals surface area (Å²) >= 11 is 6.04. The van der Waals surface area contributed by atoms with Crippen molar-refractivity contribution in [1.29, 1.82) is 0 Å². The van der Waals surface area contributed by atoms with Crippen LogP contribution in [0.5, 0.6) is 5.75 Å². The molecule has 0 bridgehead atoms. The van der Waals surface area contributed by atoms with Crippen molar-refractivity contribution in [3.05, 3.63) is 58.1 Å². The summed E-state index contributed by atoms with van der Waals surface area (Å²) in [5, 5.41) is 0.0473. The van der Waals surface area contributed by atoms with Crippen molar-refractivity contribution in [1.82, 2.24) is 0 Å². The number of ether oxygens (including phenoxy) is 2. The number of hydrogen-bond donors (Lipinski definition) is 1. The molecule has 0 radical (unpaired) electrons. The molecular weight excluding hydrogens is 468 g/mol. The van der Waals surface area contributed by atoms with Crippen LogP contribution in [0.2, 0.25) is 5.02 Å². The Labute approximate surface area is 181 Å². The van der Waals surface area contributed by atoms with Crippen molar-refractivity contribution in [3.63, 3.8) is 0 Å². The molecule has 1 heterocycles. The first-order valence-electron chi connectivity index (χ1n) is 8.72. The number of fused-ring (bicyclic) bond motifs is 1. The number of esters is 2. The second-order valence-corrected chi connectivity index (χ2v) is 7.02. The molecule has 0 saturated carbocycles. The van der Waals surface area contributed by atoms with E-state index in [9.17, 15) is 35.9 Å². The van der Waals surface area contributed by atoms with E-state index in [1.807, 2.05) is 0 Å². The highest BCUT2D eigenvalue weighted by Crippen LogP contribution is 2.44. The Morgan fingerprint density at radius 2 is 1.69 bits per heavy atom. The molecule has 0 saturated heterocycles. The number of halogens is 7. The monoisotopic (exact) mass is 479 g/mol. The van der Waals surface area contributed by atoms with Crippen LogP contribution in [-0.4, -0.2) is 30.4 Å². The molecule has 32 heavy (non-hydrogen) atoms. The third kappa shape index (κ3) is 4.89. The second kappa shape index (κ2) is 8.47. The maximum absolute atomic E-state index is 13.6. The molecule has 0 aromatic heterocycles. The zero-order valence-electron chi connectivity index (χ0n) is 15.7. The Morgan fingerprint density at radius 3 is 2.22 bits per heavy atom. The van der Waals surface area contributed by atoms with Crippen LogP contribution in [0.25, 0.3) is 17.2 Å². The van der Waals surface area contributed by atoms with E-state index < -0.39 is 36.0 Å². The summed E-state index contributed by atoms with van der Waals surface area (Å²) in [7, 11) is 0. The van der Waals surface area contributed by atoms with Gasteiger partial charge in [0.1, 0.15) is 5.75 Å². The smallest absolute Gasteiger partial charge is 0.475 e. The number of carbonyl (C=O) groups excluding carboxylic acids is 2. The molecule has 1 unspecified atom stereocenters. The molecule has 12 heteroatoms. The van der Waals surface area contributed by atoms with Gasteiger partial charge in [0.25, 0.3) is 0 Å². The Kier molecular flexibility index (Phi) is 6.25. The summed E-state index contributed by atoms with van der Waals surface area (Å²) in [5.41, 5.74) is 5.36.